The van der Waals surface area contributed by atoms with E-state index >= 15 is 0 Å². The van der Waals surface area contributed by atoms with Crippen LogP contribution in [0.25, 0.3) is 11.2 Å². The smallest absolute Gasteiger partial charge is 0.175 e. The van der Waals surface area contributed by atoms with Crippen molar-refractivity contribution < 1.29 is 4.39 Å². The van der Waals surface area contributed by atoms with E-state index in [4.69, 9.17) is 10.7 Å². The molecule has 0 fully saturated rings. The Morgan fingerprint density at radius 1 is 1.32 bits per heavy atom. The minimum absolute atomic E-state index is 0.386. The number of fused-ring (bicyclic) bond motifs is 2. The molecule has 4 rings (SSSR count). The second kappa shape index (κ2) is 9.99. The number of nitrogens with two attached hydrogens (primary N) is 1. The first kappa shape index (κ1) is 22.7. The van der Waals surface area contributed by atoms with Crippen LogP contribution < -0.4 is 11.1 Å². The van der Waals surface area contributed by atoms with Crippen LogP contribution in [0.15, 0.2) is 28.5 Å². The zero-order valence-corrected chi connectivity index (χ0v) is 20.8. The van der Waals surface area contributed by atoms with Crippen LogP contribution in [0, 0.1) is 9.49 Å². The summed E-state index contributed by atoms with van der Waals surface area (Å²) in [5, 5.41) is 4.31. The third kappa shape index (κ3) is 5.14. The third-order valence-electron chi connectivity index (χ3n) is 5.46. The first-order chi connectivity index (χ1) is 14.9. The van der Waals surface area contributed by atoms with E-state index in [1.807, 2.05) is 6.07 Å². The van der Waals surface area contributed by atoms with Crippen molar-refractivity contribution in [1.82, 2.24) is 24.8 Å². The van der Waals surface area contributed by atoms with Crippen LogP contribution in [0.1, 0.15) is 50.4 Å². The Labute approximate surface area is 200 Å². The van der Waals surface area contributed by atoms with Crippen molar-refractivity contribution in [2.75, 3.05) is 18.8 Å². The second-order valence-corrected chi connectivity index (χ2v) is 10.5. The van der Waals surface area contributed by atoms with E-state index < -0.39 is 6.17 Å². The van der Waals surface area contributed by atoms with Crippen molar-refractivity contribution >= 4 is 51.3 Å². The molecule has 0 amide bonds. The Kier molecular flexibility index (Phi) is 7.33. The molecular weight excluding hydrogens is 526 g/mol. The molecule has 1 aromatic carbocycles. The van der Waals surface area contributed by atoms with Crippen molar-refractivity contribution in [1.29, 1.82) is 0 Å². The molecule has 0 saturated carbocycles. The number of anilines is 1. The monoisotopic (exact) mass is 554 g/mol. The van der Waals surface area contributed by atoms with Crippen molar-refractivity contribution in [2.24, 2.45) is 5.92 Å². The van der Waals surface area contributed by atoms with Crippen LogP contribution in [0.4, 0.5) is 10.2 Å². The third-order valence-corrected chi connectivity index (χ3v) is 7.77. The summed E-state index contributed by atoms with van der Waals surface area (Å²) in [6.07, 6.45) is 4.08. The molecule has 0 saturated heterocycles. The zero-order chi connectivity index (χ0) is 22.0. The summed E-state index contributed by atoms with van der Waals surface area (Å²) in [4.78, 5) is 14.3. The van der Waals surface area contributed by atoms with Crippen molar-refractivity contribution in [3.63, 3.8) is 0 Å². The number of alkyl halides is 1. The fraction of sp³-hybridized carbons (Fsp3) is 0.500. The molecular formula is C22H28FIN6S. The minimum Gasteiger partial charge on any atom is -0.382 e. The minimum atomic E-state index is -0.870. The highest BCUT2D eigenvalue weighted by molar-refractivity contribution is 14.1. The fourth-order valence-electron chi connectivity index (χ4n) is 3.86. The average Bonchev–Trinajstić information content (AvgIpc) is 3.26. The number of benzene rings is 1. The summed E-state index contributed by atoms with van der Waals surface area (Å²) in [5.74, 6) is 1.04. The molecule has 2 aromatic heterocycles. The number of halogens is 2. The largest absolute Gasteiger partial charge is 0.382 e. The van der Waals surface area contributed by atoms with E-state index in [-0.39, 0.29) is 0 Å². The van der Waals surface area contributed by atoms with E-state index in [1.165, 1.54) is 6.33 Å². The zero-order valence-electron chi connectivity index (χ0n) is 17.9. The van der Waals surface area contributed by atoms with E-state index in [2.05, 4.69) is 62.4 Å². The summed E-state index contributed by atoms with van der Waals surface area (Å²) >= 11 is 3.89. The van der Waals surface area contributed by atoms with Gasteiger partial charge in [0, 0.05) is 15.0 Å². The van der Waals surface area contributed by atoms with Gasteiger partial charge in [-0.05, 0) is 90.5 Å². The van der Waals surface area contributed by atoms with Gasteiger partial charge in [-0.3, -0.25) is 0 Å². The lowest BCUT2D eigenvalue weighted by atomic mass is 10.1. The first-order valence-electron chi connectivity index (χ1n) is 10.8. The van der Waals surface area contributed by atoms with E-state index in [9.17, 15) is 4.39 Å². The van der Waals surface area contributed by atoms with Gasteiger partial charge in [-0.25, -0.2) is 19.3 Å². The summed E-state index contributed by atoms with van der Waals surface area (Å²) in [7, 11) is 0. The molecule has 3 N–H and O–H groups in total. The number of hydrogen-bond acceptors (Lipinski definition) is 6. The predicted octanol–water partition coefficient (Wildman–Crippen LogP) is 5.15. The van der Waals surface area contributed by atoms with Gasteiger partial charge in [0.25, 0.3) is 0 Å². The first-order valence-corrected chi connectivity index (χ1v) is 12.6. The summed E-state index contributed by atoms with van der Waals surface area (Å²) in [6.45, 7) is 7.25. The van der Waals surface area contributed by atoms with Crippen LogP contribution in [-0.4, -0.2) is 32.6 Å². The van der Waals surface area contributed by atoms with Gasteiger partial charge in [0.05, 0.1) is 0 Å². The molecule has 0 bridgehead atoms. The molecule has 1 aliphatic rings. The highest BCUT2D eigenvalue weighted by Gasteiger charge is 2.24. The van der Waals surface area contributed by atoms with E-state index in [0.29, 0.717) is 23.7 Å². The van der Waals surface area contributed by atoms with Gasteiger partial charge in [-0.1, -0.05) is 25.6 Å². The van der Waals surface area contributed by atoms with Crippen molar-refractivity contribution in [3.05, 3.63) is 33.2 Å². The summed E-state index contributed by atoms with van der Waals surface area (Å²) in [6, 6.07) is 4.10. The molecule has 0 spiro atoms. The van der Waals surface area contributed by atoms with Gasteiger partial charge in [0.2, 0.25) is 0 Å². The maximum absolute atomic E-state index is 14.3. The van der Waals surface area contributed by atoms with Gasteiger partial charge in [0.1, 0.15) is 12.5 Å². The molecule has 6 nitrogen and oxygen atoms in total. The SMILES string of the molecule is CC(C)CNCCCCn1c(Sc2cc3c(cc2I)CCC3F)nc2c(N)ncnc21. The van der Waals surface area contributed by atoms with Gasteiger partial charge in [-0.2, -0.15) is 0 Å². The molecule has 0 aliphatic heterocycles. The lowest BCUT2D eigenvalue weighted by molar-refractivity contribution is 0.343. The van der Waals surface area contributed by atoms with Gasteiger partial charge < -0.3 is 15.6 Å². The molecule has 9 heteroatoms. The lowest BCUT2D eigenvalue weighted by Gasteiger charge is -2.12. The lowest BCUT2D eigenvalue weighted by Crippen LogP contribution is -2.21. The van der Waals surface area contributed by atoms with Crippen LogP contribution in [0.3, 0.4) is 0 Å². The average molecular weight is 554 g/mol. The Morgan fingerprint density at radius 2 is 2.16 bits per heavy atom. The second-order valence-electron chi connectivity index (χ2n) is 8.37. The number of aryl methyl sites for hydroxylation is 2. The summed E-state index contributed by atoms with van der Waals surface area (Å²) in [5.41, 5.74) is 9.41. The predicted molar refractivity (Wildman–Crippen MR) is 132 cm³/mol. The number of aromatic nitrogens is 4. The molecule has 3 aromatic rings. The Balaban J connectivity index is 1.57. The maximum Gasteiger partial charge on any atom is 0.175 e. The van der Waals surface area contributed by atoms with Crippen LogP contribution in [-0.2, 0) is 13.0 Å². The van der Waals surface area contributed by atoms with Crippen LogP contribution in [0.5, 0.6) is 0 Å². The topological polar surface area (TPSA) is 81.7 Å². The molecule has 1 aliphatic carbocycles. The maximum atomic E-state index is 14.3. The summed E-state index contributed by atoms with van der Waals surface area (Å²) < 4.78 is 17.5. The number of nitrogens with zero attached hydrogens (tertiary/aromatic N) is 4. The molecule has 2 heterocycles. The van der Waals surface area contributed by atoms with Crippen molar-refractivity contribution in [2.45, 2.75) is 62.3 Å². The number of nitrogen functional groups attached to an aromatic ring is 1. The fourth-order valence-corrected chi connectivity index (χ4v) is 5.68. The Bertz CT molecular complexity index is 1070. The Hall–Kier alpha value is -1.46. The van der Waals surface area contributed by atoms with E-state index in [0.717, 1.165) is 69.3 Å². The standard InChI is InChI=1S/C22H28FIN6S/c1-13(2)11-26-7-3-4-8-30-21-19(20(25)27-12-28-21)29-22(30)31-18-10-15-14(9-17(18)24)5-6-16(15)23/h9-10,12-13,16,26H,3-8,11H2,1-2H3,(H2,25,27,28). The van der Waals surface area contributed by atoms with Crippen LogP contribution in [0.2, 0.25) is 0 Å². The number of rotatable bonds is 9. The molecule has 1 unspecified atom stereocenters. The van der Waals surface area contributed by atoms with Crippen LogP contribution >= 0.6 is 34.4 Å². The number of hydrogen-bond donors (Lipinski definition) is 2. The number of nitrogens with one attached hydrogen (secondary N) is 1. The van der Waals surface area contributed by atoms with Crippen molar-refractivity contribution in [3.8, 4) is 0 Å². The number of imidazole rings is 1. The van der Waals surface area contributed by atoms with Gasteiger partial charge in [-0.15, -0.1) is 0 Å². The van der Waals surface area contributed by atoms with E-state index in [1.54, 1.807) is 11.8 Å². The highest BCUT2D eigenvalue weighted by atomic mass is 127. The molecule has 166 valence electrons. The number of unbranched alkanes of at least 4 members (excludes halogenated alkanes) is 1. The quantitative estimate of drug-likeness (QED) is 0.282. The molecule has 0 radical (unpaired) electrons. The normalized spacial score (nSPS) is 15.8. The molecule has 31 heavy (non-hydrogen) atoms. The van der Waals surface area contributed by atoms with Gasteiger partial charge in [0.15, 0.2) is 22.1 Å². The molecule has 1 atom stereocenters. The highest BCUT2D eigenvalue weighted by Crippen LogP contribution is 2.41. The Morgan fingerprint density at radius 3 is 2.97 bits per heavy atom. The van der Waals surface area contributed by atoms with Gasteiger partial charge >= 0.3 is 0 Å².